The number of ether oxygens (including phenoxy) is 2. The molecule has 0 aliphatic carbocycles. The van der Waals surface area contributed by atoms with Gasteiger partial charge < -0.3 is 40.3 Å². The standard InChI is InChI=1S/C21H25NO8S/c1-29-12-7-5-11(6-8-12)9-22-20(28)16-13(24)3-2-4-14(16)30-21-19(27)18(26)17(25)15(10-23)31-21/h2-8,15,17-19,21,23-27H,9-10H2,1H3,(H,22,28). The lowest BCUT2D eigenvalue weighted by Crippen LogP contribution is -2.55. The van der Waals surface area contributed by atoms with Crippen LogP contribution in [0.15, 0.2) is 42.5 Å². The zero-order valence-electron chi connectivity index (χ0n) is 16.7. The Morgan fingerprint density at radius 1 is 1.06 bits per heavy atom. The fraction of sp³-hybridized carbons (Fsp3) is 0.381. The normalized spacial score (nSPS) is 25.6. The minimum absolute atomic E-state index is 0.0101. The highest BCUT2D eigenvalue weighted by Crippen LogP contribution is 2.36. The monoisotopic (exact) mass is 451 g/mol. The molecule has 2 aromatic rings. The van der Waals surface area contributed by atoms with Gasteiger partial charge in [-0.25, -0.2) is 0 Å². The molecule has 5 unspecified atom stereocenters. The van der Waals surface area contributed by atoms with Gasteiger partial charge in [-0.3, -0.25) is 4.79 Å². The Morgan fingerprint density at radius 3 is 2.42 bits per heavy atom. The first kappa shape index (κ1) is 23.2. The molecule has 5 atom stereocenters. The van der Waals surface area contributed by atoms with Crippen molar-refractivity contribution in [1.29, 1.82) is 0 Å². The summed E-state index contributed by atoms with van der Waals surface area (Å²) in [6.45, 7) is -0.250. The van der Waals surface area contributed by atoms with Gasteiger partial charge >= 0.3 is 0 Å². The van der Waals surface area contributed by atoms with Crippen molar-refractivity contribution in [2.24, 2.45) is 0 Å². The Bertz CT molecular complexity index is 891. The van der Waals surface area contributed by atoms with Crippen molar-refractivity contribution in [2.45, 2.75) is 35.5 Å². The number of aliphatic hydroxyl groups is 4. The minimum atomic E-state index is -1.53. The molecule has 2 aromatic carbocycles. The van der Waals surface area contributed by atoms with Crippen LogP contribution in [0.2, 0.25) is 0 Å². The van der Waals surface area contributed by atoms with Crippen molar-refractivity contribution in [1.82, 2.24) is 5.32 Å². The molecule has 0 radical (unpaired) electrons. The quantitative estimate of drug-likeness (QED) is 0.348. The molecule has 0 saturated carbocycles. The summed E-state index contributed by atoms with van der Waals surface area (Å²) in [4.78, 5) is 12.8. The second-order valence-corrected chi connectivity index (χ2v) is 8.34. The number of carbonyl (C=O) groups is 1. The molecule has 9 nitrogen and oxygen atoms in total. The molecule has 1 aliphatic rings. The van der Waals surface area contributed by atoms with Crippen LogP contribution in [0, 0.1) is 0 Å². The number of phenolic OH excluding ortho intramolecular Hbond substituents is 1. The Hall–Kier alpha value is -2.50. The number of thioether (sulfide) groups is 1. The summed E-state index contributed by atoms with van der Waals surface area (Å²) >= 11 is 0.929. The van der Waals surface area contributed by atoms with Crippen molar-refractivity contribution in [3.8, 4) is 17.2 Å². The predicted molar refractivity (Wildman–Crippen MR) is 113 cm³/mol. The van der Waals surface area contributed by atoms with E-state index >= 15 is 0 Å². The molecule has 31 heavy (non-hydrogen) atoms. The van der Waals surface area contributed by atoms with E-state index in [1.807, 2.05) is 0 Å². The summed E-state index contributed by atoms with van der Waals surface area (Å²) in [5.41, 5.74) is -0.399. The summed E-state index contributed by atoms with van der Waals surface area (Å²) in [5.74, 6) is -0.245. The average molecular weight is 451 g/mol. The second-order valence-electron chi connectivity index (χ2n) is 7.00. The van der Waals surface area contributed by atoms with Crippen LogP contribution in [0.5, 0.6) is 17.2 Å². The summed E-state index contributed by atoms with van der Waals surface area (Å²) in [6.07, 6.45) is -4.34. The molecule has 0 spiro atoms. The first-order valence-electron chi connectivity index (χ1n) is 9.56. The lowest BCUT2D eigenvalue weighted by molar-refractivity contribution is -0.0910. The van der Waals surface area contributed by atoms with Gasteiger partial charge in [0.1, 0.15) is 35.0 Å². The van der Waals surface area contributed by atoms with E-state index in [0.29, 0.717) is 5.75 Å². The van der Waals surface area contributed by atoms with Crippen LogP contribution in [0.1, 0.15) is 15.9 Å². The lowest BCUT2D eigenvalue weighted by Gasteiger charge is -2.39. The summed E-state index contributed by atoms with van der Waals surface area (Å²) < 4.78 is 10.8. The number of hydrogen-bond donors (Lipinski definition) is 6. The molecule has 1 aliphatic heterocycles. The number of amides is 1. The van der Waals surface area contributed by atoms with E-state index in [0.717, 1.165) is 17.3 Å². The number of nitrogens with one attached hydrogen (secondary N) is 1. The van der Waals surface area contributed by atoms with Crippen LogP contribution >= 0.6 is 11.8 Å². The number of carbonyl (C=O) groups excluding carboxylic acids is 1. The first-order chi connectivity index (χ1) is 14.8. The van der Waals surface area contributed by atoms with Crippen LogP contribution in [-0.2, 0) is 6.54 Å². The van der Waals surface area contributed by atoms with Crippen molar-refractivity contribution in [3.05, 3.63) is 53.6 Å². The molecular weight excluding hydrogens is 426 g/mol. The minimum Gasteiger partial charge on any atom is -0.507 e. The van der Waals surface area contributed by atoms with Gasteiger partial charge in [0.05, 0.1) is 25.1 Å². The maximum Gasteiger partial charge on any atom is 0.259 e. The van der Waals surface area contributed by atoms with Gasteiger partial charge in [0.25, 0.3) is 5.91 Å². The van der Waals surface area contributed by atoms with Crippen LogP contribution in [-0.4, -0.2) is 74.2 Å². The van der Waals surface area contributed by atoms with E-state index in [1.165, 1.54) is 18.2 Å². The molecule has 1 heterocycles. The second kappa shape index (κ2) is 10.2. The van der Waals surface area contributed by atoms with Crippen molar-refractivity contribution in [2.75, 3.05) is 13.7 Å². The Balaban J connectivity index is 1.75. The smallest absolute Gasteiger partial charge is 0.259 e. The van der Waals surface area contributed by atoms with Gasteiger partial charge in [-0.15, -0.1) is 11.8 Å². The molecule has 3 rings (SSSR count). The molecule has 6 N–H and O–H groups in total. The number of aromatic hydroxyl groups is 1. The lowest BCUT2D eigenvalue weighted by atomic mass is 10.0. The number of methoxy groups -OCH3 is 1. The maximum absolute atomic E-state index is 12.8. The zero-order valence-corrected chi connectivity index (χ0v) is 17.5. The number of hydrogen-bond acceptors (Lipinski definition) is 9. The average Bonchev–Trinajstić information content (AvgIpc) is 2.78. The van der Waals surface area contributed by atoms with E-state index < -0.39 is 41.5 Å². The SMILES string of the molecule is COc1ccc(CNC(=O)c2c(O)cccc2OC2SC(CO)C(O)C(O)C2O)cc1. The molecule has 0 aromatic heterocycles. The Kier molecular flexibility index (Phi) is 7.63. The molecule has 1 amide bonds. The molecule has 1 saturated heterocycles. The highest BCUT2D eigenvalue weighted by Gasteiger charge is 2.44. The Labute approximate surface area is 183 Å². The van der Waals surface area contributed by atoms with E-state index in [-0.39, 0.29) is 23.6 Å². The summed E-state index contributed by atoms with van der Waals surface area (Å²) in [7, 11) is 1.56. The highest BCUT2D eigenvalue weighted by atomic mass is 32.2. The molecule has 1 fully saturated rings. The zero-order chi connectivity index (χ0) is 22.5. The van der Waals surface area contributed by atoms with Gasteiger partial charge in [-0.05, 0) is 29.8 Å². The number of rotatable bonds is 7. The third-order valence-corrected chi connectivity index (χ3v) is 6.36. The molecule has 168 valence electrons. The summed E-state index contributed by atoms with van der Waals surface area (Å²) in [6, 6.07) is 11.3. The highest BCUT2D eigenvalue weighted by molar-refractivity contribution is 8.00. The topological polar surface area (TPSA) is 149 Å². The third kappa shape index (κ3) is 5.23. The van der Waals surface area contributed by atoms with Gasteiger partial charge in [0.15, 0.2) is 5.44 Å². The molecule has 10 heteroatoms. The number of aliphatic hydroxyl groups excluding tert-OH is 4. The van der Waals surface area contributed by atoms with E-state index in [2.05, 4.69) is 5.32 Å². The third-order valence-electron chi connectivity index (χ3n) is 4.93. The van der Waals surface area contributed by atoms with Gasteiger partial charge in [-0.1, -0.05) is 18.2 Å². The summed E-state index contributed by atoms with van der Waals surface area (Å²) in [5, 5.41) is 51.8. The van der Waals surface area contributed by atoms with Crippen LogP contribution in [0.3, 0.4) is 0 Å². The largest absolute Gasteiger partial charge is 0.507 e. The Morgan fingerprint density at radius 2 is 1.77 bits per heavy atom. The van der Waals surface area contributed by atoms with Crippen molar-refractivity contribution < 1.29 is 39.8 Å². The van der Waals surface area contributed by atoms with E-state index in [9.17, 15) is 30.3 Å². The van der Waals surface area contributed by atoms with Gasteiger partial charge in [0.2, 0.25) is 0 Å². The van der Waals surface area contributed by atoms with Gasteiger partial charge in [0, 0.05) is 6.54 Å². The first-order valence-corrected chi connectivity index (χ1v) is 10.5. The predicted octanol–water partition coefficient (Wildman–Crippen LogP) is 0.226. The maximum atomic E-state index is 12.8. The van der Waals surface area contributed by atoms with Gasteiger partial charge in [-0.2, -0.15) is 0 Å². The number of phenols is 1. The van der Waals surface area contributed by atoms with Crippen LogP contribution in [0.4, 0.5) is 0 Å². The van der Waals surface area contributed by atoms with Crippen LogP contribution in [0.25, 0.3) is 0 Å². The fourth-order valence-electron chi connectivity index (χ4n) is 3.15. The number of benzene rings is 2. The molecular formula is C21H25NO8S. The van der Waals surface area contributed by atoms with Crippen molar-refractivity contribution in [3.63, 3.8) is 0 Å². The van der Waals surface area contributed by atoms with Crippen molar-refractivity contribution >= 4 is 17.7 Å². The molecule has 0 bridgehead atoms. The fourth-order valence-corrected chi connectivity index (χ4v) is 4.38. The van der Waals surface area contributed by atoms with E-state index in [4.69, 9.17) is 9.47 Å². The van der Waals surface area contributed by atoms with Crippen LogP contribution < -0.4 is 14.8 Å². The van der Waals surface area contributed by atoms with E-state index in [1.54, 1.807) is 31.4 Å².